The van der Waals surface area contributed by atoms with Crippen LogP contribution in [0.5, 0.6) is 0 Å². The molecule has 1 saturated carbocycles. The van der Waals surface area contributed by atoms with Crippen molar-refractivity contribution < 1.29 is 14.3 Å². The molecule has 4 aliphatic rings. The van der Waals surface area contributed by atoms with Gasteiger partial charge < -0.3 is 15.0 Å². The van der Waals surface area contributed by atoms with Gasteiger partial charge in [-0.1, -0.05) is 18.2 Å². The number of cyclic esters (lactones) is 1. The van der Waals surface area contributed by atoms with Crippen molar-refractivity contribution in [1.82, 2.24) is 10.2 Å². The zero-order valence-corrected chi connectivity index (χ0v) is 14.4. The highest BCUT2D eigenvalue weighted by atomic mass is 16.5. The predicted octanol–water partition coefficient (Wildman–Crippen LogP) is 2.09. The van der Waals surface area contributed by atoms with Crippen molar-refractivity contribution in [2.75, 3.05) is 26.2 Å². The number of piperidine rings is 1. The number of hydrogen-bond donors (Lipinski definition) is 1. The molecule has 2 heterocycles. The molecule has 0 unspecified atom stereocenters. The number of nitrogens with one attached hydrogen (secondary N) is 1. The first-order valence-corrected chi connectivity index (χ1v) is 9.52. The largest absolute Gasteiger partial charge is 0.450 e. The quantitative estimate of drug-likeness (QED) is 0.897. The maximum Gasteiger partial charge on any atom is 0.407 e. The van der Waals surface area contributed by atoms with Crippen molar-refractivity contribution in [3.05, 3.63) is 34.9 Å². The summed E-state index contributed by atoms with van der Waals surface area (Å²) in [4.78, 5) is 26.0. The average molecular weight is 340 g/mol. The molecule has 0 spiro atoms. The lowest BCUT2D eigenvalue weighted by atomic mass is 10.00. The van der Waals surface area contributed by atoms with Crippen LogP contribution in [0.25, 0.3) is 0 Å². The molecule has 5 nitrogen and oxygen atoms in total. The van der Waals surface area contributed by atoms with Crippen molar-refractivity contribution in [1.29, 1.82) is 0 Å². The van der Waals surface area contributed by atoms with Crippen molar-refractivity contribution in [3.63, 3.8) is 0 Å². The number of amides is 2. The minimum absolute atomic E-state index is 0.137. The lowest BCUT2D eigenvalue weighted by molar-refractivity contribution is -0.135. The van der Waals surface area contributed by atoms with Gasteiger partial charge >= 0.3 is 6.09 Å². The van der Waals surface area contributed by atoms with Gasteiger partial charge in [-0.2, -0.15) is 0 Å². The topological polar surface area (TPSA) is 58.6 Å². The van der Waals surface area contributed by atoms with E-state index in [-0.39, 0.29) is 11.8 Å². The Kier molecular flexibility index (Phi) is 3.50. The summed E-state index contributed by atoms with van der Waals surface area (Å²) >= 11 is 0. The highest BCUT2D eigenvalue weighted by molar-refractivity contribution is 5.81. The van der Waals surface area contributed by atoms with Crippen molar-refractivity contribution in [2.24, 2.45) is 17.8 Å². The minimum atomic E-state index is -0.406. The van der Waals surface area contributed by atoms with Crippen LogP contribution >= 0.6 is 0 Å². The van der Waals surface area contributed by atoms with E-state index in [0.29, 0.717) is 37.3 Å². The second-order valence-corrected chi connectivity index (χ2v) is 7.98. The maximum absolute atomic E-state index is 12.7. The second kappa shape index (κ2) is 5.75. The zero-order valence-electron chi connectivity index (χ0n) is 14.4. The van der Waals surface area contributed by atoms with Crippen LogP contribution in [0.3, 0.4) is 0 Å². The Morgan fingerprint density at radius 2 is 1.96 bits per heavy atom. The van der Waals surface area contributed by atoms with Gasteiger partial charge in [0, 0.05) is 19.6 Å². The Hall–Kier alpha value is -2.04. The van der Waals surface area contributed by atoms with E-state index in [9.17, 15) is 9.59 Å². The predicted molar refractivity (Wildman–Crippen MR) is 92.2 cm³/mol. The van der Waals surface area contributed by atoms with Gasteiger partial charge in [-0.05, 0) is 60.1 Å². The summed E-state index contributed by atoms with van der Waals surface area (Å²) in [7, 11) is 0. The van der Waals surface area contributed by atoms with E-state index in [1.807, 2.05) is 4.90 Å². The molecule has 0 aromatic heterocycles. The summed E-state index contributed by atoms with van der Waals surface area (Å²) < 4.78 is 4.97. The number of rotatable bonds is 2. The number of carbonyl (C=O) groups is 2. The monoisotopic (exact) mass is 340 g/mol. The molecule has 25 heavy (non-hydrogen) atoms. The number of fused-ring (bicyclic) bond motifs is 2. The Labute approximate surface area is 147 Å². The third kappa shape index (κ3) is 2.60. The molecule has 5 rings (SSSR count). The van der Waals surface area contributed by atoms with E-state index in [1.165, 1.54) is 30.4 Å². The van der Waals surface area contributed by atoms with Crippen LogP contribution in [0.1, 0.15) is 35.4 Å². The van der Waals surface area contributed by atoms with E-state index in [2.05, 4.69) is 23.5 Å². The Balaban J connectivity index is 1.22. The second-order valence-electron chi connectivity index (χ2n) is 7.98. The fourth-order valence-electron chi connectivity index (χ4n) is 5.12. The fraction of sp³-hybridized carbons (Fsp3) is 0.600. The summed E-state index contributed by atoms with van der Waals surface area (Å²) in [6.45, 7) is 2.48. The normalized spacial score (nSPS) is 33.1. The lowest BCUT2D eigenvalue weighted by Gasteiger charge is -2.24. The number of alkyl carbamates (subject to hydrolysis) is 1. The number of ether oxygens (including phenoxy) is 1. The summed E-state index contributed by atoms with van der Waals surface area (Å²) in [5.74, 6) is 1.94. The minimum Gasteiger partial charge on any atom is -0.450 e. The summed E-state index contributed by atoms with van der Waals surface area (Å²) in [5, 5.41) is 2.67. The summed E-state index contributed by atoms with van der Waals surface area (Å²) in [6, 6.07) is 7.07. The van der Waals surface area contributed by atoms with Crippen LogP contribution in [0.2, 0.25) is 0 Å². The van der Waals surface area contributed by atoms with Gasteiger partial charge in [-0.15, -0.1) is 0 Å². The fourth-order valence-corrected chi connectivity index (χ4v) is 5.12. The molecule has 0 radical (unpaired) electrons. The Morgan fingerprint density at radius 1 is 1.16 bits per heavy atom. The Bertz CT molecular complexity index is 720. The van der Waals surface area contributed by atoms with Crippen molar-refractivity contribution in [3.8, 4) is 0 Å². The van der Waals surface area contributed by atoms with E-state index in [0.717, 1.165) is 13.1 Å². The van der Waals surface area contributed by atoms with E-state index >= 15 is 0 Å². The van der Waals surface area contributed by atoms with Crippen LogP contribution in [-0.2, 0) is 22.4 Å². The van der Waals surface area contributed by atoms with Crippen molar-refractivity contribution in [2.45, 2.75) is 31.6 Å². The van der Waals surface area contributed by atoms with Crippen LogP contribution in [0.4, 0.5) is 4.79 Å². The summed E-state index contributed by atoms with van der Waals surface area (Å²) in [5.41, 5.74) is 4.56. The molecule has 2 aliphatic heterocycles. The SMILES string of the molecule is O=C1NC[C@H](C(=O)N2C[C@@H]3[C@H](C2)[C@H]3c2ccc3c(c2)CCC3)CCO1. The third-order valence-electron chi connectivity index (χ3n) is 6.55. The van der Waals surface area contributed by atoms with Gasteiger partial charge in [0.1, 0.15) is 0 Å². The lowest BCUT2D eigenvalue weighted by Crippen LogP contribution is -2.40. The van der Waals surface area contributed by atoms with Crippen molar-refractivity contribution >= 4 is 12.0 Å². The van der Waals surface area contributed by atoms with Crippen LogP contribution < -0.4 is 5.32 Å². The van der Waals surface area contributed by atoms with Crippen LogP contribution in [0, 0.1) is 17.8 Å². The van der Waals surface area contributed by atoms with Crippen LogP contribution in [0.15, 0.2) is 18.2 Å². The molecule has 1 N–H and O–H groups in total. The molecular weight excluding hydrogens is 316 g/mol. The number of likely N-dealkylation sites (tertiary alicyclic amines) is 1. The van der Waals surface area contributed by atoms with E-state index in [1.54, 1.807) is 5.56 Å². The molecule has 2 aliphatic carbocycles. The number of carbonyl (C=O) groups excluding carboxylic acids is 2. The number of aryl methyl sites for hydroxylation is 2. The van der Waals surface area contributed by atoms with Gasteiger partial charge in [0.05, 0.1) is 12.5 Å². The average Bonchev–Trinajstić information content (AvgIpc) is 2.95. The summed E-state index contributed by atoms with van der Waals surface area (Å²) in [6.07, 6.45) is 3.97. The smallest absolute Gasteiger partial charge is 0.407 e. The molecule has 2 amide bonds. The molecule has 2 saturated heterocycles. The highest BCUT2D eigenvalue weighted by Crippen LogP contribution is 2.58. The van der Waals surface area contributed by atoms with Gasteiger partial charge in [0.15, 0.2) is 0 Å². The molecule has 1 aromatic rings. The molecule has 3 fully saturated rings. The van der Waals surface area contributed by atoms with Crippen LogP contribution in [-0.4, -0.2) is 43.1 Å². The first-order valence-electron chi connectivity index (χ1n) is 9.52. The van der Waals surface area contributed by atoms with Gasteiger partial charge in [0.2, 0.25) is 5.91 Å². The number of benzene rings is 1. The Morgan fingerprint density at radius 3 is 2.80 bits per heavy atom. The molecule has 132 valence electrons. The van der Waals surface area contributed by atoms with E-state index in [4.69, 9.17) is 4.74 Å². The van der Waals surface area contributed by atoms with Gasteiger partial charge in [-0.25, -0.2) is 4.79 Å². The van der Waals surface area contributed by atoms with E-state index < -0.39 is 6.09 Å². The molecule has 0 bridgehead atoms. The van der Waals surface area contributed by atoms with Gasteiger partial charge in [-0.3, -0.25) is 4.79 Å². The third-order valence-corrected chi connectivity index (χ3v) is 6.55. The first-order chi connectivity index (χ1) is 12.2. The zero-order chi connectivity index (χ0) is 17.0. The maximum atomic E-state index is 12.7. The highest BCUT2D eigenvalue weighted by Gasteiger charge is 2.57. The van der Waals surface area contributed by atoms with Gasteiger partial charge in [0.25, 0.3) is 0 Å². The molecular formula is C20H24N2O3. The number of nitrogens with zero attached hydrogens (tertiary/aromatic N) is 1. The standard InChI is InChI=1S/C20H24N2O3/c23-19(15-6-7-25-20(24)21-9-15)22-10-16-17(11-22)18(16)14-5-4-12-2-1-3-13(12)8-14/h4-5,8,15-18H,1-3,6-7,9-11H2,(H,21,24)/t15-,16-,17+,18+/m1/s1. The molecule has 1 aromatic carbocycles. The molecule has 4 atom stereocenters. The molecule has 5 heteroatoms. The number of hydrogen-bond acceptors (Lipinski definition) is 3. The first kappa shape index (κ1) is 15.2.